The second-order valence-electron chi connectivity index (χ2n) is 5.62. The molecule has 0 radical (unpaired) electrons. The maximum atomic E-state index is 12.9. The van der Waals surface area contributed by atoms with Crippen LogP contribution in [-0.4, -0.2) is 34.7 Å². The summed E-state index contributed by atoms with van der Waals surface area (Å²) in [5.74, 6) is 0.473. The normalized spacial score (nSPS) is 13.7. The number of hydrogen-bond acceptors (Lipinski definition) is 4. The molecule has 0 bridgehead atoms. The van der Waals surface area contributed by atoms with Gasteiger partial charge >= 0.3 is 0 Å². The first-order chi connectivity index (χ1) is 11.6. The van der Waals surface area contributed by atoms with Gasteiger partial charge in [-0.3, -0.25) is 24.8 Å². The van der Waals surface area contributed by atoms with Crippen molar-refractivity contribution in [3.8, 4) is 0 Å². The lowest BCUT2D eigenvalue weighted by Gasteiger charge is -2.19. The number of carbonyl (C=O) groups is 1. The third kappa shape index (κ3) is 3.03. The van der Waals surface area contributed by atoms with Crippen molar-refractivity contribution >= 4 is 17.4 Å². The van der Waals surface area contributed by atoms with Gasteiger partial charge in [0.1, 0.15) is 5.84 Å². The summed E-state index contributed by atoms with van der Waals surface area (Å²) in [5, 5.41) is 11.1. The average Bonchev–Trinajstić information content (AvgIpc) is 3.03. The van der Waals surface area contributed by atoms with E-state index in [1.165, 1.54) is 6.07 Å². The summed E-state index contributed by atoms with van der Waals surface area (Å²) in [6.07, 6.45) is 0.570. The van der Waals surface area contributed by atoms with Crippen LogP contribution in [0.15, 0.2) is 53.5 Å². The summed E-state index contributed by atoms with van der Waals surface area (Å²) in [5.41, 5.74) is 1.78. The van der Waals surface area contributed by atoms with Crippen molar-refractivity contribution in [3.63, 3.8) is 0 Å². The molecule has 0 saturated carbocycles. The highest BCUT2D eigenvalue weighted by Crippen LogP contribution is 2.23. The zero-order valence-corrected chi connectivity index (χ0v) is 13.3. The van der Waals surface area contributed by atoms with Crippen molar-refractivity contribution in [3.05, 3.63) is 75.3 Å². The Bertz CT molecular complexity index is 816. The lowest BCUT2D eigenvalue weighted by atomic mass is 10.0. The number of hydrogen-bond donors (Lipinski definition) is 0. The molecule has 1 aliphatic heterocycles. The van der Waals surface area contributed by atoms with E-state index in [9.17, 15) is 14.9 Å². The van der Waals surface area contributed by atoms with Gasteiger partial charge < -0.3 is 0 Å². The zero-order valence-electron chi connectivity index (χ0n) is 13.3. The van der Waals surface area contributed by atoms with Crippen molar-refractivity contribution in [1.29, 1.82) is 0 Å². The van der Waals surface area contributed by atoms with Crippen LogP contribution in [0.4, 0.5) is 5.69 Å². The summed E-state index contributed by atoms with van der Waals surface area (Å²) in [6.45, 7) is 2.67. The fraction of sp³-hybridized carbons (Fsp3) is 0.222. The minimum absolute atomic E-state index is 0.0402. The van der Waals surface area contributed by atoms with Crippen LogP contribution < -0.4 is 0 Å². The maximum absolute atomic E-state index is 12.9. The summed E-state index contributed by atoms with van der Waals surface area (Å²) >= 11 is 0. The fourth-order valence-electron chi connectivity index (χ4n) is 2.84. The van der Waals surface area contributed by atoms with Crippen LogP contribution in [0.5, 0.6) is 0 Å². The number of carbonyl (C=O) groups excluding carboxylic acids is 1. The van der Waals surface area contributed by atoms with Gasteiger partial charge in [-0.15, -0.1) is 0 Å². The SMILES string of the molecule is Cc1c(C(=O)N2CCN=C2Cc2ccccc2)cccc1[N+](=O)[O-]. The van der Waals surface area contributed by atoms with E-state index >= 15 is 0 Å². The quantitative estimate of drug-likeness (QED) is 0.641. The minimum atomic E-state index is -0.463. The Morgan fingerprint density at radius 1 is 1.21 bits per heavy atom. The van der Waals surface area contributed by atoms with Crippen molar-refractivity contribution < 1.29 is 9.72 Å². The lowest BCUT2D eigenvalue weighted by molar-refractivity contribution is -0.385. The van der Waals surface area contributed by atoms with E-state index in [0.717, 1.165) is 5.56 Å². The van der Waals surface area contributed by atoms with Gasteiger partial charge in [0.05, 0.1) is 11.5 Å². The molecule has 3 rings (SSSR count). The van der Waals surface area contributed by atoms with E-state index in [2.05, 4.69) is 4.99 Å². The van der Waals surface area contributed by atoms with Crippen molar-refractivity contribution in [2.24, 2.45) is 4.99 Å². The monoisotopic (exact) mass is 323 g/mol. The molecule has 0 atom stereocenters. The third-order valence-electron chi connectivity index (χ3n) is 4.11. The molecule has 0 spiro atoms. The predicted octanol–water partition coefficient (Wildman–Crippen LogP) is 3.00. The van der Waals surface area contributed by atoms with Gasteiger partial charge in [0.25, 0.3) is 11.6 Å². The smallest absolute Gasteiger partial charge is 0.273 e. The molecule has 2 aromatic rings. The number of amidine groups is 1. The molecule has 2 aromatic carbocycles. The second-order valence-corrected chi connectivity index (χ2v) is 5.62. The molecule has 1 amide bonds. The molecule has 6 heteroatoms. The third-order valence-corrected chi connectivity index (χ3v) is 4.11. The molecule has 0 fully saturated rings. The highest BCUT2D eigenvalue weighted by molar-refractivity contribution is 6.08. The van der Waals surface area contributed by atoms with Gasteiger partial charge in [-0.25, -0.2) is 0 Å². The first kappa shape index (κ1) is 15.9. The van der Waals surface area contributed by atoms with Crippen LogP contribution in [0.2, 0.25) is 0 Å². The Kier molecular flexibility index (Phi) is 4.37. The van der Waals surface area contributed by atoms with Crippen molar-refractivity contribution in [1.82, 2.24) is 4.90 Å². The van der Waals surface area contributed by atoms with E-state index in [0.29, 0.717) is 36.5 Å². The topological polar surface area (TPSA) is 75.8 Å². The summed E-state index contributed by atoms with van der Waals surface area (Å²) in [6, 6.07) is 14.4. The highest BCUT2D eigenvalue weighted by atomic mass is 16.6. The largest absolute Gasteiger partial charge is 0.294 e. The lowest BCUT2D eigenvalue weighted by Crippen LogP contribution is -2.35. The first-order valence-corrected chi connectivity index (χ1v) is 7.71. The van der Waals surface area contributed by atoms with E-state index < -0.39 is 4.92 Å². The van der Waals surface area contributed by atoms with Crippen LogP contribution >= 0.6 is 0 Å². The summed E-state index contributed by atoms with van der Waals surface area (Å²) < 4.78 is 0. The Morgan fingerprint density at radius 2 is 1.96 bits per heavy atom. The molecule has 0 N–H and O–H groups in total. The second kappa shape index (κ2) is 6.62. The number of benzene rings is 2. The number of rotatable bonds is 4. The number of nitrogens with zero attached hydrogens (tertiary/aromatic N) is 3. The molecular weight excluding hydrogens is 306 g/mol. The molecule has 0 unspecified atom stereocenters. The summed E-state index contributed by atoms with van der Waals surface area (Å²) in [4.78, 5) is 29.5. The summed E-state index contributed by atoms with van der Waals surface area (Å²) in [7, 11) is 0. The van der Waals surface area contributed by atoms with Gasteiger partial charge in [0.2, 0.25) is 0 Å². The molecule has 1 aliphatic rings. The van der Waals surface area contributed by atoms with Crippen LogP contribution in [-0.2, 0) is 6.42 Å². The van der Waals surface area contributed by atoms with E-state index in [-0.39, 0.29) is 11.6 Å². The Balaban J connectivity index is 1.86. The van der Waals surface area contributed by atoms with E-state index in [4.69, 9.17) is 0 Å². The Labute approximate surface area is 139 Å². The molecule has 122 valence electrons. The van der Waals surface area contributed by atoms with Gasteiger partial charge in [-0.1, -0.05) is 36.4 Å². The van der Waals surface area contributed by atoms with Gasteiger partial charge in [-0.05, 0) is 18.6 Å². The molecule has 0 saturated heterocycles. The number of nitro groups is 1. The zero-order chi connectivity index (χ0) is 17.1. The van der Waals surface area contributed by atoms with Gasteiger partial charge in [0, 0.05) is 30.2 Å². The van der Waals surface area contributed by atoms with E-state index in [1.54, 1.807) is 24.0 Å². The molecule has 1 heterocycles. The number of aliphatic imine (C=N–C) groups is 1. The Hall–Kier alpha value is -3.02. The molecule has 0 aromatic heterocycles. The molecule has 24 heavy (non-hydrogen) atoms. The minimum Gasteiger partial charge on any atom is -0.294 e. The van der Waals surface area contributed by atoms with Gasteiger partial charge in [0.15, 0.2) is 0 Å². The van der Waals surface area contributed by atoms with Crippen molar-refractivity contribution in [2.45, 2.75) is 13.3 Å². The Morgan fingerprint density at radius 3 is 2.67 bits per heavy atom. The predicted molar refractivity (Wildman–Crippen MR) is 91.3 cm³/mol. The average molecular weight is 323 g/mol. The standard InChI is InChI=1S/C18H17N3O3/c1-13-15(8-5-9-16(13)21(23)24)18(22)20-11-10-19-17(20)12-14-6-3-2-4-7-14/h2-9H,10-12H2,1H3. The first-order valence-electron chi connectivity index (χ1n) is 7.71. The number of nitro benzene ring substituents is 1. The molecule has 0 aliphatic carbocycles. The van der Waals surface area contributed by atoms with Crippen molar-refractivity contribution in [2.75, 3.05) is 13.1 Å². The van der Waals surface area contributed by atoms with Crippen LogP contribution in [0, 0.1) is 17.0 Å². The van der Waals surface area contributed by atoms with Crippen LogP contribution in [0.25, 0.3) is 0 Å². The maximum Gasteiger partial charge on any atom is 0.273 e. The molecule has 6 nitrogen and oxygen atoms in total. The highest BCUT2D eigenvalue weighted by Gasteiger charge is 2.27. The van der Waals surface area contributed by atoms with Gasteiger partial charge in [-0.2, -0.15) is 0 Å². The molecular formula is C18H17N3O3. The van der Waals surface area contributed by atoms with E-state index in [1.807, 2.05) is 30.3 Å². The fourth-order valence-corrected chi connectivity index (χ4v) is 2.84. The van der Waals surface area contributed by atoms with Crippen LogP contribution in [0.1, 0.15) is 21.5 Å². The van der Waals surface area contributed by atoms with Crippen LogP contribution in [0.3, 0.4) is 0 Å². The number of amides is 1.